The third-order valence-corrected chi connectivity index (χ3v) is 5.75. The fourth-order valence-corrected chi connectivity index (χ4v) is 3.92. The van der Waals surface area contributed by atoms with Crippen LogP contribution in [0, 0.1) is 0 Å². The number of anilines is 2. The van der Waals surface area contributed by atoms with Crippen molar-refractivity contribution in [2.75, 3.05) is 11.6 Å². The number of hydrogen-bond acceptors (Lipinski definition) is 3. The number of nitrogens with one attached hydrogen (secondary N) is 1. The van der Waals surface area contributed by atoms with Crippen LogP contribution in [0.25, 0.3) is 21.8 Å². The summed E-state index contributed by atoms with van der Waals surface area (Å²) in [4.78, 5) is 0.317. The molecule has 0 saturated carbocycles. The fourth-order valence-electron chi connectivity index (χ4n) is 3.29. The summed E-state index contributed by atoms with van der Waals surface area (Å²) in [7, 11) is -1.13. The minimum Gasteiger partial charge on any atom is -0.354 e. The SMILES string of the molecule is C[n+]1c2ccccc2c(Nc2ccc(S(C)(=O)=O)cc2)c2ccccc21. The Bertz CT molecular complexity index is 1170. The molecule has 3 aromatic carbocycles. The normalized spacial score (nSPS) is 11.8. The van der Waals surface area contributed by atoms with E-state index in [0.717, 1.165) is 33.2 Å². The largest absolute Gasteiger partial charge is 0.354 e. The number of pyridine rings is 1. The van der Waals surface area contributed by atoms with Gasteiger partial charge in [0.15, 0.2) is 9.84 Å². The van der Waals surface area contributed by atoms with Gasteiger partial charge in [-0.3, -0.25) is 0 Å². The van der Waals surface area contributed by atoms with Crippen LogP contribution < -0.4 is 9.88 Å². The van der Waals surface area contributed by atoms with Gasteiger partial charge in [0.2, 0.25) is 11.0 Å². The van der Waals surface area contributed by atoms with E-state index in [1.165, 1.54) is 6.26 Å². The molecule has 0 fully saturated rings. The molecule has 0 amide bonds. The maximum atomic E-state index is 11.7. The number of sulfone groups is 1. The maximum absolute atomic E-state index is 11.7. The molecule has 5 heteroatoms. The molecule has 0 bridgehead atoms. The van der Waals surface area contributed by atoms with E-state index in [4.69, 9.17) is 0 Å². The number of aromatic nitrogens is 1. The highest BCUT2D eigenvalue weighted by molar-refractivity contribution is 7.90. The number of aryl methyl sites for hydroxylation is 1. The molecule has 26 heavy (non-hydrogen) atoms. The monoisotopic (exact) mass is 363 g/mol. The summed E-state index contributed by atoms with van der Waals surface area (Å²) in [6.07, 6.45) is 1.22. The quantitative estimate of drug-likeness (QED) is 0.443. The topological polar surface area (TPSA) is 50.1 Å². The van der Waals surface area contributed by atoms with Crippen LogP contribution >= 0.6 is 0 Å². The predicted molar refractivity (Wildman–Crippen MR) is 105 cm³/mol. The first-order chi connectivity index (χ1) is 12.4. The molecular weight excluding hydrogens is 344 g/mol. The van der Waals surface area contributed by atoms with Gasteiger partial charge in [0.05, 0.1) is 21.4 Å². The lowest BCUT2D eigenvalue weighted by Crippen LogP contribution is -2.30. The van der Waals surface area contributed by atoms with Gasteiger partial charge >= 0.3 is 0 Å². The third-order valence-electron chi connectivity index (χ3n) is 4.62. The van der Waals surface area contributed by atoms with Crippen LogP contribution in [0.4, 0.5) is 11.4 Å². The van der Waals surface area contributed by atoms with Crippen molar-refractivity contribution < 1.29 is 13.0 Å². The smallest absolute Gasteiger partial charge is 0.214 e. The summed E-state index contributed by atoms with van der Waals surface area (Å²) in [5.74, 6) is 0. The van der Waals surface area contributed by atoms with Gasteiger partial charge in [-0.25, -0.2) is 8.42 Å². The molecule has 0 atom stereocenters. The van der Waals surface area contributed by atoms with Crippen LogP contribution in [-0.4, -0.2) is 14.7 Å². The minimum atomic E-state index is -3.20. The molecule has 1 aromatic heterocycles. The summed E-state index contributed by atoms with van der Waals surface area (Å²) in [5.41, 5.74) is 4.12. The van der Waals surface area contributed by atoms with E-state index in [2.05, 4.69) is 41.2 Å². The van der Waals surface area contributed by atoms with Crippen LogP contribution in [0.15, 0.2) is 77.7 Å². The van der Waals surface area contributed by atoms with Crippen molar-refractivity contribution in [1.29, 1.82) is 0 Å². The van der Waals surface area contributed by atoms with Crippen LogP contribution in [0.3, 0.4) is 0 Å². The summed E-state index contributed by atoms with van der Waals surface area (Å²) >= 11 is 0. The Morgan fingerprint density at radius 1 is 0.769 bits per heavy atom. The Morgan fingerprint density at radius 3 is 1.77 bits per heavy atom. The van der Waals surface area contributed by atoms with Gasteiger partial charge in [0.25, 0.3) is 0 Å². The second kappa shape index (κ2) is 6.11. The van der Waals surface area contributed by atoms with E-state index in [1.807, 2.05) is 24.3 Å². The molecular formula is C21H19N2O2S+. The number of benzene rings is 3. The van der Waals surface area contributed by atoms with Gasteiger partial charge in [-0.1, -0.05) is 24.3 Å². The number of hydrogen-bond donors (Lipinski definition) is 1. The van der Waals surface area contributed by atoms with Crippen molar-refractivity contribution in [3.05, 3.63) is 72.8 Å². The van der Waals surface area contributed by atoms with Crippen molar-refractivity contribution in [3.8, 4) is 0 Å². The lowest BCUT2D eigenvalue weighted by molar-refractivity contribution is -0.617. The van der Waals surface area contributed by atoms with Gasteiger partial charge < -0.3 is 5.32 Å². The fraction of sp³-hybridized carbons (Fsp3) is 0.0952. The van der Waals surface area contributed by atoms with Gasteiger partial charge in [-0.05, 0) is 36.4 Å². The van der Waals surface area contributed by atoms with Crippen LogP contribution in [0.2, 0.25) is 0 Å². The molecule has 0 unspecified atom stereocenters. The molecule has 0 radical (unpaired) electrons. The number of nitrogens with zero attached hydrogens (tertiary/aromatic N) is 1. The molecule has 130 valence electrons. The van der Waals surface area contributed by atoms with Crippen LogP contribution in [-0.2, 0) is 16.9 Å². The first kappa shape index (κ1) is 16.5. The maximum Gasteiger partial charge on any atom is 0.214 e. The average Bonchev–Trinajstić information content (AvgIpc) is 2.65. The molecule has 0 aliphatic carbocycles. The molecule has 1 N–H and O–H groups in total. The lowest BCUT2D eigenvalue weighted by Gasteiger charge is -2.13. The zero-order valence-corrected chi connectivity index (χ0v) is 15.4. The first-order valence-electron chi connectivity index (χ1n) is 8.32. The average molecular weight is 363 g/mol. The van der Waals surface area contributed by atoms with E-state index in [-0.39, 0.29) is 0 Å². The zero-order valence-electron chi connectivity index (χ0n) is 14.6. The number of fused-ring (bicyclic) bond motifs is 2. The van der Waals surface area contributed by atoms with Crippen LogP contribution in [0.5, 0.6) is 0 Å². The molecule has 4 aromatic rings. The Hall–Kier alpha value is -2.92. The van der Waals surface area contributed by atoms with Crippen molar-refractivity contribution >= 4 is 43.0 Å². The Kier molecular flexibility index (Phi) is 3.89. The molecule has 4 rings (SSSR count). The molecule has 1 heterocycles. The lowest BCUT2D eigenvalue weighted by atomic mass is 10.1. The van der Waals surface area contributed by atoms with Crippen molar-refractivity contribution in [2.45, 2.75) is 4.90 Å². The Balaban J connectivity index is 1.91. The summed E-state index contributed by atoms with van der Waals surface area (Å²) in [5, 5.41) is 5.71. The van der Waals surface area contributed by atoms with Crippen molar-refractivity contribution in [1.82, 2.24) is 0 Å². The predicted octanol–water partition coefficient (Wildman–Crippen LogP) is 3.96. The Morgan fingerprint density at radius 2 is 1.27 bits per heavy atom. The number of rotatable bonds is 3. The number of para-hydroxylation sites is 2. The molecule has 0 aliphatic heterocycles. The highest BCUT2D eigenvalue weighted by Gasteiger charge is 2.17. The van der Waals surface area contributed by atoms with E-state index in [1.54, 1.807) is 24.3 Å². The third kappa shape index (κ3) is 2.80. The standard InChI is InChI=1S/C21H18N2O2S/c1-23-19-9-5-3-7-17(19)21(18-8-4-6-10-20(18)23)22-15-11-13-16(14-12-15)26(2,24)25/h3-14H,1-2H3/p+1. The van der Waals surface area contributed by atoms with E-state index >= 15 is 0 Å². The molecule has 0 spiro atoms. The van der Waals surface area contributed by atoms with Crippen LogP contribution in [0.1, 0.15) is 0 Å². The summed E-state index contributed by atoms with van der Waals surface area (Å²) in [6.45, 7) is 0. The summed E-state index contributed by atoms with van der Waals surface area (Å²) < 4.78 is 25.5. The van der Waals surface area contributed by atoms with Crippen molar-refractivity contribution in [3.63, 3.8) is 0 Å². The highest BCUT2D eigenvalue weighted by atomic mass is 32.2. The second-order valence-corrected chi connectivity index (χ2v) is 8.41. The van der Waals surface area contributed by atoms with Gasteiger partial charge in [-0.2, -0.15) is 4.57 Å². The summed E-state index contributed by atoms with van der Waals surface area (Å²) in [6, 6.07) is 23.3. The minimum absolute atomic E-state index is 0.317. The van der Waals surface area contributed by atoms with Gasteiger partial charge in [-0.15, -0.1) is 0 Å². The van der Waals surface area contributed by atoms with Gasteiger partial charge in [0.1, 0.15) is 7.05 Å². The van der Waals surface area contributed by atoms with Crippen molar-refractivity contribution in [2.24, 2.45) is 7.05 Å². The highest BCUT2D eigenvalue weighted by Crippen LogP contribution is 2.32. The molecule has 0 aliphatic rings. The van der Waals surface area contributed by atoms with Gasteiger partial charge in [0, 0.05) is 24.1 Å². The zero-order chi connectivity index (χ0) is 18.3. The second-order valence-electron chi connectivity index (χ2n) is 6.39. The molecule has 0 saturated heterocycles. The van der Waals surface area contributed by atoms with E-state index in [0.29, 0.717) is 4.90 Å². The molecule has 4 nitrogen and oxygen atoms in total. The Labute approximate surface area is 152 Å². The van der Waals surface area contributed by atoms with E-state index in [9.17, 15) is 8.42 Å². The van der Waals surface area contributed by atoms with E-state index < -0.39 is 9.84 Å². The first-order valence-corrected chi connectivity index (χ1v) is 10.2.